The highest BCUT2D eigenvalue weighted by Crippen LogP contribution is 2.32. The van der Waals surface area contributed by atoms with Crippen molar-refractivity contribution >= 4 is 23.5 Å². The van der Waals surface area contributed by atoms with Gasteiger partial charge in [-0.1, -0.05) is 0 Å². The van der Waals surface area contributed by atoms with Crippen LogP contribution in [0.15, 0.2) is 24.4 Å². The maximum Gasteiger partial charge on any atom is 0.416 e. The number of aromatic nitrogens is 3. The van der Waals surface area contributed by atoms with E-state index >= 15 is 0 Å². The molecule has 2 atom stereocenters. The van der Waals surface area contributed by atoms with Crippen LogP contribution in [0.1, 0.15) is 36.9 Å². The summed E-state index contributed by atoms with van der Waals surface area (Å²) in [4.78, 5) is 26.8. The summed E-state index contributed by atoms with van der Waals surface area (Å²) in [5, 5.41) is 5.19. The largest absolute Gasteiger partial charge is 0.416 e. The Labute approximate surface area is 198 Å². The van der Waals surface area contributed by atoms with E-state index in [0.29, 0.717) is 44.8 Å². The number of amides is 1. The van der Waals surface area contributed by atoms with Gasteiger partial charge in [0.2, 0.25) is 11.9 Å². The van der Waals surface area contributed by atoms with Gasteiger partial charge in [0.05, 0.1) is 30.3 Å². The topological polar surface area (TPSA) is 92.3 Å². The fourth-order valence-electron chi connectivity index (χ4n) is 4.05. The number of anilines is 3. The van der Waals surface area contributed by atoms with Gasteiger partial charge >= 0.3 is 6.18 Å². The lowest BCUT2D eigenvalue weighted by Gasteiger charge is -2.20. The summed E-state index contributed by atoms with van der Waals surface area (Å²) in [6.07, 6.45) is -2.27. The lowest BCUT2D eigenvalue weighted by Crippen LogP contribution is -2.34. The first-order chi connectivity index (χ1) is 16.5. The van der Waals surface area contributed by atoms with Gasteiger partial charge < -0.3 is 20.3 Å². The summed E-state index contributed by atoms with van der Waals surface area (Å²) in [5.74, 6) is -3.51. The SMILES string of the molecule is CC(F)(F)CNc1nc(Nc2cc(C(F)(F)F)ccn2)cc(C2CCN(C(=O)C3CCOC3)C2)n1. The zero-order valence-electron chi connectivity index (χ0n) is 18.9. The standard InChI is InChI=1S/C22H25F5N6O2/c1-21(23,24)12-29-20-30-16(13-3-6-33(10-13)19(34)14-4-7-35-11-14)9-18(32-20)31-17-8-15(2-5-28-17)22(25,26)27/h2,5,8-9,13-14H,3-4,6-7,10-12H2,1H3,(H2,28,29,30,31,32). The molecule has 35 heavy (non-hydrogen) atoms. The number of hydrogen-bond acceptors (Lipinski definition) is 7. The molecular weight excluding hydrogens is 475 g/mol. The molecule has 4 rings (SSSR count). The average Bonchev–Trinajstić information content (AvgIpc) is 3.49. The van der Waals surface area contributed by atoms with Crippen molar-refractivity contribution in [1.29, 1.82) is 0 Å². The molecule has 0 aliphatic carbocycles. The minimum atomic E-state index is -4.56. The molecule has 2 aliphatic rings. The Hall–Kier alpha value is -3.09. The van der Waals surface area contributed by atoms with Crippen molar-refractivity contribution in [3.8, 4) is 0 Å². The molecule has 2 aromatic heterocycles. The number of halogens is 5. The van der Waals surface area contributed by atoms with Crippen LogP contribution in [0, 0.1) is 5.92 Å². The highest BCUT2D eigenvalue weighted by Gasteiger charge is 2.34. The van der Waals surface area contributed by atoms with Crippen LogP contribution in [-0.4, -0.2) is 64.5 Å². The molecule has 2 saturated heterocycles. The summed E-state index contributed by atoms with van der Waals surface area (Å²) in [7, 11) is 0. The smallest absolute Gasteiger partial charge is 0.381 e. The Bertz CT molecular complexity index is 1060. The lowest BCUT2D eigenvalue weighted by atomic mass is 10.0. The zero-order chi connectivity index (χ0) is 25.2. The van der Waals surface area contributed by atoms with E-state index in [4.69, 9.17) is 4.74 Å². The van der Waals surface area contributed by atoms with E-state index in [-0.39, 0.29) is 35.3 Å². The number of carbonyl (C=O) groups is 1. The third-order valence-electron chi connectivity index (χ3n) is 5.84. The van der Waals surface area contributed by atoms with Crippen LogP contribution in [0.25, 0.3) is 0 Å². The Kier molecular flexibility index (Phi) is 7.06. The zero-order valence-corrected chi connectivity index (χ0v) is 18.9. The van der Waals surface area contributed by atoms with Gasteiger partial charge in [0, 0.05) is 44.8 Å². The van der Waals surface area contributed by atoms with Gasteiger partial charge in [-0.3, -0.25) is 4.79 Å². The second-order valence-corrected chi connectivity index (χ2v) is 8.81. The van der Waals surface area contributed by atoms with Crippen LogP contribution in [0.4, 0.5) is 39.5 Å². The van der Waals surface area contributed by atoms with Crippen molar-refractivity contribution in [2.75, 3.05) is 43.5 Å². The van der Waals surface area contributed by atoms with Crippen molar-refractivity contribution in [3.05, 3.63) is 35.7 Å². The number of carbonyl (C=O) groups excluding carboxylic acids is 1. The third kappa shape index (κ3) is 6.53. The van der Waals surface area contributed by atoms with Crippen molar-refractivity contribution in [3.63, 3.8) is 0 Å². The second-order valence-electron chi connectivity index (χ2n) is 8.81. The van der Waals surface area contributed by atoms with Crippen LogP contribution < -0.4 is 10.6 Å². The molecule has 0 bridgehead atoms. The number of alkyl halides is 5. The quantitative estimate of drug-likeness (QED) is 0.554. The normalized spacial score (nSPS) is 20.8. The monoisotopic (exact) mass is 500 g/mol. The maximum absolute atomic E-state index is 13.4. The Morgan fingerprint density at radius 2 is 1.97 bits per heavy atom. The summed E-state index contributed by atoms with van der Waals surface area (Å²) in [5.41, 5.74) is -0.413. The van der Waals surface area contributed by atoms with E-state index < -0.39 is 24.2 Å². The molecule has 2 aliphatic heterocycles. The fraction of sp³-hybridized carbons (Fsp3) is 0.545. The predicted molar refractivity (Wildman–Crippen MR) is 117 cm³/mol. The molecule has 0 saturated carbocycles. The highest BCUT2D eigenvalue weighted by atomic mass is 19.4. The van der Waals surface area contributed by atoms with E-state index in [9.17, 15) is 26.7 Å². The van der Waals surface area contributed by atoms with Gasteiger partial charge in [-0.25, -0.2) is 18.7 Å². The summed E-state index contributed by atoms with van der Waals surface area (Å²) in [6.45, 7) is 1.85. The lowest BCUT2D eigenvalue weighted by molar-refractivity contribution is -0.137. The summed E-state index contributed by atoms with van der Waals surface area (Å²) >= 11 is 0. The third-order valence-corrected chi connectivity index (χ3v) is 5.84. The molecule has 2 N–H and O–H groups in total. The first-order valence-electron chi connectivity index (χ1n) is 11.2. The molecule has 13 heteroatoms. The number of rotatable bonds is 7. The Balaban J connectivity index is 1.56. The number of nitrogens with zero attached hydrogens (tertiary/aromatic N) is 4. The minimum Gasteiger partial charge on any atom is -0.381 e. The van der Waals surface area contributed by atoms with Gasteiger partial charge in [0.25, 0.3) is 5.92 Å². The number of likely N-dealkylation sites (tertiary alicyclic amines) is 1. The van der Waals surface area contributed by atoms with Crippen molar-refractivity contribution in [1.82, 2.24) is 19.9 Å². The van der Waals surface area contributed by atoms with Gasteiger partial charge in [0.1, 0.15) is 11.6 Å². The van der Waals surface area contributed by atoms with E-state index in [2.05, 4.69) is 25.6 Å². The van der Waals surface area contributed by atoms with Gasteiger partial charge in [0.15, 0.2) is 0 Å². The maximum atomic E-state index is 13.4. The molecule has 1 amide bonds. The molecule has 2 unspecified atom stereocenters. The molecule has 4 heterocycles. The van der Waals surface area contributed by atoms with E-state index in [1.54, 1.807) is 4.90 Å². The molecule has 0 spiro atoms. The van der Waals surface area contributed by atoms with Crippen molar-refractivity contribution in [2.24, 2.45) is 5.92 Å². The van der Waals surface area contributed by atoms with Gasteiger partial charge in [-0.15, -0.1) is 0 Å². The first-order valence-corrected chi connectivity index (χ1v) is 11.2. The second kappa shape index (κ2) is 9.88. The van der Waals surface area contributed by atoms with Crippen molar-refractivity contribution in [2.45, 2.75) is 37.8 Å². The van der Waals surface area contributed by atoms with Crippen LogP contribution >= 0.6 is 0 Å². The summed E-state index contributed by atoms with van der Waals surface area (Å²) in [6, 6.07) is 3.20. The minimum absolute atomic E-state index is 0.00884. The first kappa shape index (κ1) is 25.0. The number of ether oxygens (including phenoxy) is 1. The Morgan fingerprint density at radius 1 is 1.17 bits per heavy atom. The van der Waals surface area contributed by atoms with Crippen LogP contribution in [-0.2, 0) is 15.7 Å². The predicted octanol–water partition coefficient (Wildman–Crippen LogP) is 4.05. The number of nitrogens with one attached hydrogen (secondary N) is 2. The molecule has 8 nitrogen and oxygen atoms in total. The number of hydrogen-bond donors (Lipinski definition) is 2. The Morgan fingerprint density at radius 3 is 2.66 bits per heavy atom. The van der Waals surface area contributed by atoms with E-state index in [1.165, 1.54) is 6.07 Å². The van der Waals surface area contributed by atoms with Gasteiger partial charge in [-0.05, 0) is 25.0 Å². The molecule has 190 valence electrons. The molecular formula is C22H25F5N6O2. The molecule has 2 aromatic rings. The van der Waals surface area contributed by atoms with E-state index in [0.717, 1.165) is 25.3 Å². The van der Waals surface area contributed by atoms with Crippen LogP contribution in [0.5, 0.6) is 0 Å². The average molecular weight is 500 g/mol. The van der Waals surface area contributed by atoms with Crippen LogP contribution in [0.2, 0.25) is 0 Å². The van der Waals surface area contributed by atoms with E-state index in [1.807, 2.05) is 0 Å². The van der Waals surface area contributed by atoms with Crippen molar-refractivity contribution < 1.29 is 31.5 Å². The number of pyridine rings is 1. The summed E-state index contributed by atoms with van der Waals surface area (Å²) < 4.78 is 71.3. The fourth-order valence-corrected chi connectivity index (χ4v) is 4.05. The molecule has 0 aromatic carbocycles. The molecule has 0 radical (unpaired) electrons. The molecule has 2 fully saturated rings. The van der Waals surface area contributed by atoms with Gasteiger partial charge in [-0.2, -0.15) is 18.2 Å². The highest BCUT2D eigenvalue weighted by molar-refractivity contribution is 5.79. The van der Waals surface area contributed by atoms with Crippen LogP contribution in [0.3, 0.4) is 0 Å².